The monoisotopic (exact) mass is 817 g/mol. The summed E-state index contributed by atoms with van der Waals surface area (Å²) < 4.78 is 13.3. The normalized spacial score (nSPS) is 12.8. The Hall–Kier alpha value is -8.40. The van der Waals surface area contributed by atoms with Crippen LogP contribution in [0.15, 0.2) is 245 Å². The van der Waals surface area contributed by atoms with Gasteiger partial charge in [0.2, 0.25) is 0 Å². The summed E-state index contributed by atoms with van der Waals surface area (Å²) in [6.45, 7) is 0. The Morgan fingerprint density at radius 2 is 0.844 bits per heavy atom. The lowest BCUT2D eigenvalue weighted by Gasteiger charge is -2.34. The van der Waals surface area contributed by atoms with Crippen LogP contribution in [0, 0.1) is 0 Å². The minimum Gasteiger partial charge on any atom is -0.455 e. The van der Waals surface area contributed by atoms with E-state index < -0.39 is 5.41 Å². The number of rotatable bonds is 7. The number of anilines is 3. The molecule has 0 unspecified atom stereocenters. The summed E-state index contributed by atoms with van der Waals surface area (Å²) in [7, 11) is 0. The summed E-state index contributed by atoms with van der Waals surface area (Å²) in [6, 6.07) is 85.2. The molecule has 0 N–H and O–H groups in total. The van der Waals surface area contributed by atoms with Crippen LogP contribution in [0.3, 0.4) is 0 Å². The number of furan rings is 2. The Balaban J connectivity index is 1.01. The molecule has 0 amide bonds. The summed E-state index contributed by atoms with van der Waals surface area (Å²) >= 11 is 0. The van der Waals surface area contributed by atoms with Crippen molar-refractivity contribution in [3.8, 4) is 33.4 Å². The molecule has 0 saturated heterocycles. The number of hydrogen-bond donors (Lipinski definition) is 0. The molecule has 0 saturated carbocycles. The SMILES string of the molecule is c1ccc(C2(c3ccccc3)c3ccccc3-c3c(N(c4ccc(-c5cccc(-c6cccc7c6oc6ccccc67)c5)cc4)c4cccc5c4oc4ccccc45)cccc32)cc1. The first-order chi connectivity index (χ1) is 31.8. The maximum Gasteiger partial charge on any atom is 0.159 e. The van der Waals surface area contributed by atoms with Gasteiger partial charge in [-0.3, -0.25) is 0 Å². The first kappa shape index (κ1) is 36.3. The first-order valence-electron chi connectivity index (χ1n) is 21.9. The Kier molecular flexibility index (Phi) is 8.13. The van der Waals surface area contributed by atoms with Crippen LogP contribution in [0.2, 0.25) is 0 Å². The lowest BCUT2D eigenvalue weighted by Crippen LogP contribution is -2.28. The number of hydrogen-bond acceptors (Lipinski definition) is 3. The Labute approximate surface area is 370 Å². The third-order valence-electron chi connectivity index (χ3n) is 13.4. The average molecular weight is 818 g/mol. The molecular weight excluding hydrogens is 779 g/mol. The summed E-state index contributed by atoms with van der Waals surface area (Å²) in [5.41, 5.74) is 17.9. The van der Waals surface area contributed by atoms with E-state index in [1.54, 1.807) is 0 Å². The first-order valence-corrected chi connectivity index (χ1v) is 21.9. The molecule has 0 spiro atoms. The zero-order valence-electron chi connectivity index (χ0n) is 34.8. The largest absolute Gasteiger partial charge is 0.455 e. The van der Waals surface area contributed by atoms with Crippen molar-refractivity contribution in [3.05, 3.63) is 259 Å². The van der Waals surface area contributed by atoms with Crippen molar-refractivity contribution in [1.82, 2.24) is 0 Å². The minimum atomic E-state index is -0.539. The number of para-hydroxylation sites is 4. The van der Waals surface area contributed by atoms with Gasteiger partial charge in [0.25, 0.3) is 0 Å². The summed E-state index contributed by atoms with van der Waals surface area (Å²) in [5, 5.41) is 4.44. The quantitative estimate of drug-likeness (QED) is 0.160. The second kappa shape index (κ2) is 14.3. The maximum atomic E-state index is 6.82. The molecule has 0 fully saturated rings. The van der Waals surface area contributed by atoms with E-state index in [4.69, 9.17) is 8.83 Å². The molecule has 2 aromatic heterocycles. The fourth-order valence-corrected chi connectivity index (χ4v) is 10.6. The minimum absolute atomic E-state index is 0.539. The highest BCUT2D eigenvalue weighted by Crippen LogP contribution is 2.60. The molecule has 1 aliphatic carbocycles. The number of fused-ring (bicyclic) bond motifs is 9. The van der Waals surface area contributed by atoms with Crippen molar-refractivity contribution >= 4 is 60.9 Å². The van der Waals surface area contributed by atoms with E-state index in [-0.39, 0.29) is 0 Å². The molecule has 10 aromatic carbocycles. The van der Waals surface area contributed by atoms with Crippen molar-refractivity contribution in [2.75, 3.05) is 4.90 Å². The van der Waals surface area contributed by atoms with Gasteiger partial charge in [0, 0.05) is 38.4 Å². The van der Waals surface area contributed by atoms with Crippen LogP contribution in [-0.2, 0) is 5.41 Å². The van der Waals surface area contributed by atoms with E-state index in [9.17, 15) is 0 Å². The molecular formula is C61H39NO2. The van der Waals surface area contributed by atoms with Gasteiger partial charge in [-0.05, 0) is 87.0 Å². The standard InChI is InChI=1S/C61H39NO2/c1-3-19-43(20-4-1)61(44-21-5-2-6-22-44)52-29-10-7-25-51(52)58-53(61)30-16-31-54(58)62(55-32-15-28-50-48-24-9-12-34-57(48)64-60(50)55)45-37-35-40(36-38-45)41-17-13-18-42(39-41)46-26-14-27-49-47-23-8-11-33-56(47)63-59(46)49/h1-39H. The second-order valence-corrected chi connectivity index (χ2v) is 16.7. The highest BCUT2D eigenvalue weighted by atomic mass is 16.3. The van der Waals surface area contributed by atoms with Crippen LogP contribution in [0.1, 0.15) is 22.3 Å². The van der Waals surface area contributed by atoms with Crippen LogP contribution in [-0.4, -0.2) is 0 Å². The predicted molar refractivity (Wildman–Crippen MR) is 264 cm³/mol. The summed E-state index contributed by atoms with van der Waals surface area (Å²) in [5.74, 6) is 0. The van der Waals surface area contributed by atoms with E-state index >= 15 is 0 Å². The molecule has 0 atom stereocenters. The molecule has 13 rings (SSSR count). The van der Waals surface area contributed by atoms with E-state index in [1.165, 1.54) is 33.4 Å². The maximum absolute atomic E-state index is 6.82. The molecule has 3 nitrogen and oxygen atoms in total. The van der Waals surface area contributed by atoms with Crippen molar-refractivity contribution in [1.29, 1.82) is 0 Å². The highest BCUT2D eigenvalue weighted by Gasteiger charge is 2.47. The van der Waals surface area contributed by atoms with Gasteiger partial charge in [0.1, 0.15) is 16.7 Å². The lowest BCUT2D eigenvalue weighted by atomic mass is 9.68. The van der Waals surface area contributed by atoms with Gasteiger partial charge in [0.15, 0.2) is 5.58 Å². The van der Waals surface area contributed by atoms with E-state index in [2.05, 4.69) is 223 Å². The highest BCUT2D eigenvalue weighted by molar-refractivity contribution is 6.12. The average Bonchev–Trinajstić information content (AvgIpc) is 4.04. The van der Waals surface area contributed by atoms with Gasteiger partial charge >= 0.3 is 0 Å². The van der Waals surface area contributed by atoms with Gasteiger partial charge in [-0.15, -0.1) is 0 Å². The Morgan fingerprint density at radius 1 is 0.328 bits per heavy atom. The lowest BCUT2D eigenvalue weighted by molar-refractivity contribution is 0.669. The third kappa shape index (κ3) is 5.34. The Morgan fingerprint density at radius 3 is 1.58 bits per heavy atom. The zero-order valence-corrected chi connectivity index (χ0v) is 34.8. The molecule has 300 valence electrons. The van der Waals surface area contributed by atoms with Crippen molar-refractivity contribution in [2.45, 2.75) is 5.41 Å². The van der Waals surface area contributed by atoms with Crippen LogP contribution in [0.25, 0.3) is 77.3 Å². The van der Waals surface area contributed by atoms with Gasteiger partial charge in [-0.2, -0.15) is 0 Å². The predicted octanol–water partition coefficient (Wildman–Crippen LogP) is 16.7. The van der Waals surface area contributed by atoms with Crippen molar-refractivity contribution < 1.29 is 8.83 Å². The van der Waals surface area contributed by atoms with E-state index in [0.29, 0.717) is 0 Å². The van der Waals surface area contributed by atoms with Crippen LogP contribution < -0.4 is 4.90 Å². The van der Waals surface area contributed by atoms with Crippen LogP contribution >= 0.6 is 0 Å². The molecule has 0 radical (unpaired) electrons. The fourth-order valence-electron chi connectivity index (χ4n) is 10.6. The second-order valence-electron chi connectivity index (χ2n) is 16.7. The van der Waals surface area contributed by atoms with Crippen molar-refractivity contribution in [2.24, 2.45) is 0 Å². The molecule has 2 heterocycles. The summed E-state index contributed by atoms with van der Waals surface area (Å²) in [4.78, 5) is 2.41. The topological polar surface area (TPSA) is 29.5 Å². The zero-order chi connectivity index (χ0) is 42.2. The van der Waals surface area contributed by atoms with Crippen LogP contribution in [0.5, 0.6) is 0 Å². The number of nitrogens with zero attached hydrogens (tertiary/aromatic N) is 1. The van der Waals surface area contributed by atoms with Gasteiger partial charge < -0.3 is 13.7 Å². The van der Waals surface area contributed by atoms with Gasteiger partial charge in [-0.1, -0.05) is 194 Å². The van der Waals surface area contributed by atoms with Gasteiger partial charge in [0.05, 0.1) is 16.8 Å². The third-order valence-corrected chi connectivity index (χ3v) is 13.4. The van der Waals surface area contributed by atoms with Crippen LogP contribution in [0.4, 0.5) is 17.1 Å². The van der Waals surface area contributed by atoms with Gasteiger partial charge in [-0.25, -0.2) is 0 Å². The molecule has 0 aliphatic heterocycles. The molecule has 12 aromatic rings. The van der Waals surface area contributed by atoms with Crippen molar-refractivity contribution in [3.63, 3.8) is 0 Å². The molecule has 0 bridgehead atoms. The smallest absolute Gasteiger partial charge is 0.159 e. The van der Waals surface area contributed by atoms with E-state index in [0.717, 1.165) is 83.2 Å². The Bertz CT molecular complexity index is 3690. The fraction of sp³-hybridized carbons (Fsp3) is 0.0164. The number of benzene rings is 10. The molecule has 64 heavy (non-hydrogen) atoms. The van der Waals surface area contributed by atoms with E-state index in [1.807, 2.05) is 18.2 Å². The molecule has 3 heteroatoms. The summed E-state index contributed by atoms with van der Waals surface area (Å²) in [6.07, 6.45) is 0. The molecule has 1 aliphatic rings.